The summed E-state index contributed by atoms with van der Waals surface area (Å²) in [5, 5.41) is 11.3. The zero-order valence-electron chi connectivity index (χ0n) is 15.1. The van der Waals surface area contributed by atoms with E-state index < -0.39 is 17.2 Å². The molecule has 0 aliphatic rings. The molecule has 0 aliphatic carbocycles. The molecule has 0 atom stereocenters. The highest BCUT2D eigenvalue weighted by molar-refractivity contribution is 5.95. The van der Waals surface area contributed by atoms with Crippen molar-refractivity contribution < 1.29 is 9.18 Å². The van der Waals surface area contributed by atoms with Gasteiger partial charge in [0.05, 0.1) is 16.6 Å². The molecule has 0 saturated heterocycles. The first-order valence-electron chi connectivity index (χ1n) is 8.31. The lowest BCUT2D eigenvalue weighted by molar-refractivity contribution is 0.0942. The minimum absolute atomic E-state index is 0.140. The van der Waals surface area contributed by atoms with Crippen LogP contribution in [0.2, 0.25) is 0 Å². The fourth-order valence-corrected chi connectivity index (χ4v) is 2.98. The summed E-state index contributed by atoms with van der Waals surface area (Å²) < 4.78 is 16.8. The summed E-state index contributed by atoms with van der Waals surface area (Å²) >= 11 is 0. The number of nitrogens with one attached hydrogen (secondary N) is 1. The van der Waals surface area contributed by atoms with E-state index in [1.54, 1.807) is 4.68 Å². The van der Waals surface area contributed by atoms with Gasteiger partial charge in [-0.1, -0.05) is 0 Å². The predicted molar refractivity (Wildman–Crippen MR) is 95.5 cm³/mol. The van der Waals surface area contributed by atoms with Crippen LogP contribution in [0.5, 0.6) is 0 Å². The van der Waals surface area contributed by atoms with Gasteiger partial charge in [-0.15, -0.1) is 0 Å². The Labute approximate surface area is 149 Å². The third kappa shape index (κ3) is 2.98. The highest BCUT2D eigenvalue weighted by Gasteiger charge is 2.18. The first-order valence-corrected chi connectivity index (χ1v) is 8.31. The largest absolute Gasteiger partial charge is 0.346 e. The molecule has 3 aromatic rings. The van der Waals surface area contributed by atoms with E-state index in [9.17, 15) is 14.0 Å². The molecule has 0 saturated carbocycles. The molecular formula is C18H20FN5O2. The van der Waals surface area contributed by atoms with Gasteiger partial charge in [0.25, 0.3) is 5.91 Å². The van der Waals surface area contributed by atoms with Crippen LogP contribution in [-0.2, 0) is 20.1 Å². The van der Waals surface area contributed by atoms with Gasteiger partial charge in [0.15, 0.2) is 5.69 Å². The molecule has 0 radical (unpaired) electrons. The average Bonchev–Trinajstić information content (AvgIpc) is 2.85. The molecule has 0 fully saturated rings. The third-order valence-electron chi connectivity index (χ3n) is 4.52. The van der Waals surface area contributed by atoms with E-state index in [4.69, 9.17) is 0 Å². The highest BCUT2D eigenvalue weighted by Crippen LogP contribution is 2.13. The molecule has 1 N–H and O–H groups in total. The molecule has 2 aromatic heterocycles. The quantitative estimate of drug-likeness (QED) is 0.772. The van der Waals surface area contributed by atoms with Gasteiger partial charge in [-0.05, 0) is 39.0 Å². The molecule has 1 amide bonds. The van der Waals surface area contributed by atoms with E-state index in [2.05, 4.69) is 15.5 Å². The van der Waals surface area contributed by atoms with Crippen molar-refractivity contribution >= 4 is 16.8 Å². The number of halogens is 1. The van der Waals surface area contributed by atoms with E-state index in [1.165, 1.54) is 16.8 Å². The lowest BCUT2D eigenvalue weighted by atomic mass is 10.1. The summed E-state index contributed by atoms with van der Waals surface area (Å²) in [5.74, 6) is -1.12. The number of aromatic nitrogens is 4. The number of rotatable bonds is 4. The molecule has 0 unspecified atom stereocenters. The molecule has 8 heteroatoms. The van der Waals surface area contributed by atoms with Crippen LogP contribution < -0.4 is 10.7 Å². The second kappa shape index (κ2) is 6.70. The van der Waals surface area contributed by atoms with Crippen molar-refractivity contribution in [3.8, 4) is 0 Å². The van der Waals surface area contributed by atoms with E-state index >= 15 is 0 Å². The maximum atomic E-state index is 13.6. The summed E-state index contributed by atoms with van der Waals surface area (Å²) in [7, 11) is 1.83. The highest BCUT2D eigenvalue weighted by atomic mass is 19.1. The Bertz CT molecular complexity index is 1070. The molecule has 0 spiro atoms. The number of aryl methyl sites for hydroxylation is 3. The van der Waals surface area contributed by atoms with E-state index in [1.807, 2.05) is 27.8 Å². The van der Waals surface area contributed by atoms with Gasteiger partial charge in [-0.3, -0.25) is 19.0 Å². The number of hydrogen-bond acceptors (Lipinski definition) is 4. The maximum absolute atomic E-state index is 13.6. The summed E-state index contributed by atoms with van der Waals surface area (Å²) in [5.41, 5.74) is 2.30. The van der Waals surface area contributed by atoms with Crippen LogP contribution >= 0.6 is 0 Å². The van der Waals surface area contributed by atoms with E-state index in [0.717, 1.165) is 23.0 Å². The predicted octanol–water partition coefficient (Wildman–Crippen LogP) is 1.84. The minimum atomic E-state index is -0.592. The summed E-state index contributed by atoms with van der Waals surface area (Å²) in [4.78, 5) is 25.2. The van der Waals surface area contributed by atoms with Crippen LogP contribution in [0.1, 0.15) is 34.4 Å². The maximum Gasteiger partial charge on any atom is 0.276 e. The summed E-state index contributed by atoms with van der Waals surface area (Å²) in [6.45, 7) is 6.28. The second-order valence-corrected chi connectivity index (χ2v) is 6.11. The monoisotopic (exact) mass is 357 g/mol. The minimum Gasteiger partial charge on any atom is -0.346 e. The van der Waals surface area contributed by atoms with Gasteiger partial charge in [-0.2, -0.15) is 10.2 Å². The Balaban J connectivity index is 1.98. The summed E-state index contributed by atoms with van der Waals surface area (Å²) in [6.07, 6.45) is 0. The number of nitrogens with zero attached hydrogens (tertiary/aromatic N) is 4. The van der Waals surface area contributed by atoms with Crippen LogP contribution in [0.4, 0.5) is 4.39 Å². The lowest BCUT2D eigenvalue weighted by Crippen LogP contribution is -2.32. The van der Waals surface area contributed by atoms with Crippen LogP contribution in [0.25, 0.3) is 10.9 Å². The van der Waals surface area contributed by atoms with Crippen LogP contribution in [0.3, 0.4) is 0 Å². The number of benzene rings is 1. The van der Waals surface area contributed by atoms with Gasteiger partial charge >= 0.3 is 0 Å². The third-order valence-corrected chi connectivity index (χ3v) is 4.52. The van der Waals surface area contributed by atoms with Crippen molar-refractivity contribution in [2.75, 3.05) is 0 Å². The molecule has 136 valence electrons. The van der Waals surface area contributed by atoms with E-state index in [-0.39, 0.29) is 17.6 Å². The molecule has 0 bridgehead atoms. The Morgan fingerprint density at radius 3 is 2.62 bits per heavy atom. The number of hydrogen-bond donors (Lipinski definition) is 1. The van der Waals surface area contributed by atoms with Crippen molar-refractivity contribution in [2.24, 2.45) is 7.05 Å². The summed E-state index contributed by atoms with van der Waals surface area (Å²) in [6, 6.07) is 3.90. The Morgan fingerprint density at radius 1 is 1.27 bits per heavy atom. The second-order valence-electron chi connectivity index (χ2n) is 6.11. The molecule has 2 heterocycles. The SMILES string of the molecule is CCn1nc(C(=O)NCc2c(C)nn(C)c2C)c(=O)c2cc(F)ccc21. The number of carbonyl (C=O) groups excluding carboxylic acids is 1. The van der Waals surface area contributed by atoms with E-state index in [0.29, 0.717) is 12.1 Å². The average molecular weight is 357 g/mol. The van der Waals surface area contributed by atoms with Gasteiger partial charge in [0.2, 0.25) is 5.43 Å². The van der Waals surface area contributed by atoms with Crippen molar-refractivity contribution in [3.05, 3.63) is 56.9 Å². The molecule has 1 aromatic carbocycles. The van der Waals surface area contributed by atoms with Gasteiger partial charge in [0, 0.05) is 31.4 Å². The standard InChI is InChI=1S/C18H20FN5O2/c1-5-24-15-7-6-12(19)8-13(15)17(25)16(22-24)18(26)20-9-14-10(2)21-23(4)11(14)3/h6-8H,5,9H2,1-4H3,(H,20,26). The van der Waals surface area contributed by atoms with Crippen molar-refractivity contribution in [1.29, 1.82) is 0 Å². The smallest absolute Gasteiger partial charge is 0.276 e. The molecule has 7 nitrogen and oxygen atoms in total. The fourth-order valence-electron chi connectivity index (χ4n) is 2.98. The van der Waals surface area contributed by atoms with Gasteiger partial charge < -0.3 is 5.32 Å². The lowest BCUT2D eigenvalue weighted by Gasteiger charge is -2.11. The normalized spacial score (nSPS) is 11.1. The van der Waals surface area contributed by atoms with Crippen molar-refractivity contribution in [3.63, 3.8) is 0 Å². The Hall–Kier alpha value is -3.03. The van der Waals surface area contributed by atoms with Crippen LogP contribution in [-0.4, -0.2) is 25.5 Å². The van der Waals surface area contributed by atoms with Crippen LogP contribution in [0.15, 0.2) is 23.0 Å². The first kappa shape index (κ1) is 17.8. The number of carbonyl (C=O) groups is 1. The first-order chi connectivity index (χ1) is 12.3. The Morgan fingerprint density at radius 2 is 2.00 bits per heavy atom. The zero-order chi connectivity index (χ0) is 19.0. The molecular weight excluding hydrogens is 337 g/mol. The van der Waals surface area contributed by atoms with Crippen LogP contribution in [0, 0.1) is 19.7 Å². The number of amides is 1. The molecule has 26 heavy (non-hydrogen) atoms. The van der Waals surface area contributed by atoms with Crippen molar-refractivity contribution in [2.45, 2.75) is 33.9 Å². The Kier molecular flexibility index (Phi) is 4.58. The molecule has 3 rings (SSSR count). The fraction of sp³-hybridized carbons (Fsp3) is 0.333. The van der Waals surface area contributed by atoms with Gasteiger partial charge in [-0.25, -0.2) is 4.39 Å². The van der Waals surface area contributed by atoms with Gasteiger partial charge in [0.1, 0.15) is 5.82 Å². The zero-order valence-corrected chi connectivity index (χ0v) is 15.1. The topological polar surface area (TPSA) is 81.8 Å². The van der Waals surface area contributed by atoms with Crippen molar-refractivity contribution in [1.82, 2.24) is 24.9 Å². The number of fused-ring (bicyclic) bond motifs is 1. The molecule has 0 aliphatic heterocycles.